The number of ether oxygens (including phenoxy) is 1. The van der Waals surface area contributed by atoms with Crippen molar-refractivity contribution < 1.29 is 9.53 Å². The van der Waals surface area contributed by atoms with Gasteiger partial charge < -0.3 is 4.74 Å². The van der Waals surface area contributed by atoms with Gasteiger partial charge in [0.1, 0.15) is 5.60 Å². The molecule has 3 heteroatoms. The SMILES string of the molecule is CCC(C)(C)C(=O)OC1(CC[Si](C)(C)C)CCCC1. The van der Waals surface area contributed by atoms with Gasteiger partial charge in [-0.25, -0.2) is 0 Å². The molecule has 0 bridgehead atoms. The molecule has 1 saturated carbocycles. The van der Waals surface area contributed by atoms with Crippen molar-refractivity contribution >= 4 is 14.0 Å². The summed E-state index contributed by atoms with van der Waals surface area (Å²) in [7, 11) is -1.07. The highest BCUT2D eigenvalue weighted by Crippen LogP contribution is 2.40. The van der Waals surface area contributed by atoms with Crippen molar-refractivity contribution in [3.63, 3.8) is 0 Å². The van der Waals surface area contributed by atoms with E-state index in [-0.39, 0.29) is 17.0 Å². The van der Waals surface area contributed by atoms with Crippen molar-refractivity contribution in [2.24, 2.45) is 5.41 Å². The molecule has 0 atom stereocenters. The van der Waals surface area contributed by atoms with E-state index in [2.05, 4.69) is 26.6 Å². The van der Waals surface area contributed by atoms with E-state index in [1.165, 1.54) is 18.9 Å². The van der Waals surface area contributed by atoms with Gasteiger partial charge >= 0.3 is 5.97 Å². The predicted molar refractivity (Wildman–Crippen MR) is 84.1 cm³/mol. The largest absolute Gasteiger partial charge is 0.459 e. The van der Waals surface area contributed by atoms with E-state index < -0.39 is 8.07 Å². The third kappa shape index (κ3) is 4.94. The monoisotopic (exact) mass is 284 g/mol. The molecule has 0 aromatic heterocycles. The lowest BCUT2D eigenvalue weighted by molar-refractivity contribution is -0.170. The second kappa shape index (κ2) is 5.98. The summed E-state index contributed by atoms with van der Waals surface area (Å²) in [4.78, 5) is 12.4. The maximum Gasteiger partial charge on any atom is 0.312 e. The van der Waals surface area contributed by atoms with Crippen LogP contribution in [0.25, 0.3) is 0 Å². The van der Waals surface area contributed by atoms with Gasteiger partial charge in [-0.2, -0.15) is 0 Å². The molecule has 0 aliphatic heterocycles. The molecule has 1 aliphatic rings. The van der Waals surface area contributed by atoms with E-state index in [9.17, 15) is 4.79 Å². The standard InChI is InChI=1S/C16H32O2Si/c1-7-15(2,3)14(17)18-16(10-8-9-11-16)12-13-19(4,5)6/h7-13H2,1-6H3. The zero-order valence-corrected chi connectivity index (χ0v) is 14.8. The average molecular weight is 285 g/mol. The van der Waals surface area contributed by atoms with E-state index in [0.717, 1.165) is 25.7 Å². The molecular weight excluding hydrogens is 252 g/mol. The van der Waals surface area contributed by atoms with Crippen LogP contribution in [-0.4, -0.2) is 19.6 Å². The zero-order valence-electron chi connectivity index (χ0n) is 13.8. The molecule has 0 N–H and O–H groups in total. The van der Waals surface area contributed by atoms with Gasteiger partial charge in [-0.15, -0.1) is 0 Å². The fraction of sp³-hybridized carbons (Fsp3) is 0.938. The lowest BCUT2D eigenvalue weighted by atomic mass is 9.89. The number of carbonyl (C=O) groups is 1. The Labute approximate surface area is 120 Å². The van der Waals surface area contributed by atoms with Gasteiger partial charge in [0.05, 0.1) is 5.41 Å². The van der Waals surface area contributed by atoms with E-state index in [0.29, 0.717) is 0 Å². The van der Waals surface area contributed by atoms with Gasteiger partial charge in [0.15, 0.2) is 0 Å². The summed E-state index contributed by atoms with van der Waals surface area (Å²) in [5.41, 5.74) is -0.474. The maximum atomic E-state index is 12.4. The van der Waals surface area contributed by atoms with Crippen LogP contribution in [0.3, 0.4) is 0 Å². The van der Waals surface area contributed by atoms with Crippen LogP contribution < -0.4 is 0 Å². The summed E-state index contributed by atoms with van der Waals surface area (Å²) in [5.74, 6) is 0.00692. The highest BCUT2D eigenvalue weighted by molar-refractivity contribution is 6.76. The van der Waals surface area contributed by atoms with Crippen LogP contribution in [0.4, 0.5) is 0 Å². The second-order valence-electron chi connectivity index (χ2n) is 8.08. The molecule has 0 spiro atoms. The smallest absolute Gasteiger partial charge is 0.312 e. The topological polar surface area (TPSA) is 26.3 Å². The minimum atomic E-state index is -1.07. The highest BCUT2D eigenvalue weighted by Gasteiger charge is 2.41. The molecule has 112 valence electrons. The van der Waals surface area contributed by atoms with Crippen molar-refractivity contribution in [2.45, 2.75) is 90.6 Å². The van der Waals surface area contributed by atoms with Gasteiger partial charge in [0.2, 0.25) is 0 Å². The maximum absolute atomic E-state index is 12.4. The van der Waals surface area contributed by atoms with Crippen LogP contribution in [0.2, 0.25) is 25.7 Å². The third-order valence-electron chi connectivity index (χ3n) is 4.59. The molecule has 0 saturated heterocycles. The van der Waals surface area contributed by atoms with Crippen molar-refractivity contribution in [1.82, 2.24) is 0 Å². The van der Waals surface area contributed by atoms with Gasteiger partial charge in [-0.1, -0.05) is 32.6 Å². The van der Waals surface area contributed by atoms with Crippen molar-refractivity contribution in [3.05, 3.63) is 0 Å². The van der Waals surface area contributed by atoms with Crippen LogP contribution in [-0.2, 0) is 9.53 Å². The van der Waals surface area contributed by atoms with Crippen LogP contribution >= 0.6 is 0 Å². The van der Waals surface area contributed by atoms with Crippen molar-refractivity contribution in [1.29, 1.82) is 0 Å². The summed E-state index contributed by atoms with van der Waals surface area (Å²) in [5, 5.41) is 0. The summed E-state index contributed by atoms with van der Waals surface area (Å²) < 4.78 is 6.03. The first kappa shape index (κ1) is 16.7. The average Bonchev–Trinajstić information content (AvgIpc) is 2.75. The molecular formula is C16H32O2Si. The second-order valence-corrected chi connectivity index (χ2v) is 13.7. The van der Waals surface area contributed by atoms with Crippen LogP contribution in [0, 0.1) is 5.41 Å². The molecule has 1 aliphatic carbocycles. The Morgan fingerprint density at radius 3 is 2.16 bits per heavy atom. The van der Waals surface area contributed by atoms with Crippen molar-refractivity contribution in [3.8, 4) is 0 Å². The molecule has 0 radical (unpaired) electrons. The number of carbonyl (C=O) groups excluding carboxylic acids is 1. The molecule has 1 rings (SSSR count). The summed E-state index contributed by atoms with van der Waals surface area (Å²) in [6.07, 6.45) is 6.49. The van der Waals surface area contributed by atoms with E-state index >= 15 is 0 Å². The number of hydrogen-bond acceptors (Lipinski definition) is 2. The predicted octanol–water partition coefficient (Wildman–Crippen LogP) is 5.01. The normalized spacial score (nSPS) is 19.5. The lowest BCUT2D eigenvalue weighted by Crippen LogP contribution is -2.39. The van der Waals surface area contributed by atoms with Crippen molar-refractivity contribution in [2.75, 3.05) is 0 Å². The Balaban J connectivity index is 2.70. The highest BCUT2D eigenvalue weighted by atomic mass is 28.3. The van der Waals surface area contributed by atoms with E-state index in [1.807, 2.05) is 13.8 Å². The number of hydrogen-bond donors (Lipinski definition) is 0. The summed E-state index contributed by atoms with van der Waals surface area (Å²) in [6.45, 7) is 13.2. The first-order chi connectivity index (χ1) is 8.60. The Kier molecular flexibility index (Phi) is 5.27. The van der Waals surface area contributed by atoms with E-state index in [4.69, 9.17) is 4.74 Å². The zero-order chi connectivity index (χ0) is 14.7. The molecule has 2 nitrogen and oxygen atoms in total. The lowest BCUT2D eigenvalue weighted by Gasteiger charge is -2.34. The van der Waals surface area contributed by atoms with Gasteiger partial charge in [0, 0.05) is 8.07 Å². The Hall–Kier alpha value is -0.313. The first-order valence-corrected chi connectivity index (χ1v) is 11.5. The summed E-state index contributed by atoms with van der Waals surface area (Å²) in [6, 6.07) is 1.26. The van der Waals surface area contributed by atoms with Gasteiger partial charge in [-0.05, 0) is 52.4 Å². The van der Waals surface area contributed by atoms with Crippen LogP contribution in [0.5, 0.6) is 0 Å². The fourth-order valence-corrected chi connectivity index (χ4v) is 3.71. The van der Waals surface area contributed by atoms with E-state index in [1.54, 1.807) is 0 Å². The molecule has 0 heterocycles. The number of esters is 1. The Morgan fingerprint density at radius 2 is 1.74 bits per heavy atom. The molecule has 0 amide bonds. The Morgan fingerprint density at radius 1 is 1.21 bits per heavy atom. The van der Waals surface area contributed by atoms with Gasteiger partial charge in [0.25, 0.3) is 0 Å². The minimum absolute atomic E-state index is 0.00692. The summed E-state index contributed by atoms with van der Waals surface area (Å²) >= 11 is 0. The van der Waals surface area contributed by atoms with Crippen LogP contribution in [0.15, 0.2) is 0 Å². The first-order valence-electron chi connectivity index (χ1n) is 7.84. The molecule has 0 aromatic carbocycles. The Bertz CT molecular complexity index is 309. The van der Waals surface area contributed by atoms with Gasteiger partial charge in [-0.3, -0.25) is 4.79 Å². The van der Waals surface area contributed by atoms with Crippen LogP contribution in [0.1, 0.15) is 59.3 Å². The molecule has 19 heavy (non-hydrogen) atoms. The fourth-order valence-electron chi connectivity index (χ4n) is 2.50. The number of rotatable bonds is 6. The molecule has 1 fully saturated rings. The third-order valence-corrected chi connectivity index (χ3v) is 6.34. The molecule has 0 aromatic rings. The minimum Gasteiger partial charge on any atom is -0.459 e. The quantitative estimate of drug-likeness (QED) is 0.506. The molecule has 0 unspecified atom stereocenters.